The van der Waals surface area contributed by atoms with Crippen LogP contribution in [0.25, 0.3) is 11.0 Å². The summed E-state index contributed by atoms with van der Waals surface area (Å²) in [4.78, 5) is 26.0. The highest BCUT2D eigenvalue weighted by molar-refractivity contribution is 5.99. The third-order valence-corrected chi connectivity index (χ3v) is 6.22. The Hall–Kier alpha value is -3.74. The van der Waals surface area contributed by atoms with Gasteiger partial charge in [-0.3, -0.25) is 9.59 Å². The van der Waals surface area contributed by atoms with Crippen LogP contribution in [0.2, 0.25) is 0 Å². The molecule has 0 unspecified atom stereocenters. The summed E-state index contributed by atoms with van der Waals surface area (Å²) in [5.74, 6) is 0.0852. The van der Waals surface area contributed by atoms with E-state index in [1.807, 2.05) is 43.3 Å². The molecule has 1 aliphatic carbocycles. The summed E-state index contributed by atoms with van der Waals surface area (Å²) < 4.78 is 22.1. The van der Waals surface area contributed by atoms with Gasteiger partial charge in [-0.15, -0.1) is 0 Å². The highest BCUT2D eigenvalue weighted by atomic mass is 16.5. The normalized spacial score (nSPS) is 18.0. The van der Waals surface area contributed by atoms with Crippen LogP contribution in [0.4, 0.5) is 0 Å². The summed E-state index contributed by atoms with van der Waals surface area (Å²) in [6.07, 6.45) is 4.41. The number of ether oxygens (including phenoxy) is 3. The number of aryl methyl sites for hydroxylation is 1. The molecule has 0 saturated carbocycles. The molecule has 7 nitrogen and oxygen atoms in total. The number of furan rings is 1. The first-order chi connectivity index (χ1) is 16.5. The number of hydrogen-bond donors (Lipinski definition) is 1. The van der Waals surface area contributed by atoms with Crippen LogP contribution in [0, 0.1) is 12.8 Å². The first kappa shape index (κ1) is 23.4. The van der Waals surface area contributed by atoms with E-state index in [1.54, 1.807) is 39.3 Å². The Morgan fingerprint density at radius 1 is 1.12 bits per heavy atom. The lowest BCUT2D eigenvalue weighted by molar-refractivity contribution is -0.146. The maximum absolute atomic E-state index is 13.0. The molecular weight excluding hydrogens is 434 g/mol. The molecule has 7 heteroatoms. The summed E-state index contributed by atoms with van der Waals surface area (Å²) in [6.45, 7) is 3.92. The maximum Gasteiger partial charge on any atom is 0.314 e. The summed E-state index contributed by atoms with van der Waals surface area (Å²) in [5, 5.41) is 3.94. The fourth-order valence-corrected chi connectivity index (χ4v) is 4.55. The number of carbonyl (C=O) groups excluding carboxylic acids is 2. The molecule has 0 spiro atoms. The molecule has 4 rings (SSSR count). The van der Waals surface area contributed by atoms with Crippen molar-refractivity contribution in [3.8, 4) is 11.5 Å². The molecule has 3 atom stereocenters. The van der Waals surface area contributed by atoms with Crippen LogP contribution in [0.5, 0.6) is 11.5 Å². The van der Waals surface area contributed by atoms with Gasteiger partial charge in [0.1, 0.15) is 17.1 Å². The molecule has 0 radical (unpaired) electrons. The molecule has 0 aliphatic heterocycles. The van der Waals surface area contributed by atoms with E-state index in [0.29, 0.717) is 34.8 Å². The van der Waals surface area contributed by atoms with Gasteiger partial charge in [0.15, 0.2) is 5.76 Å². The molecule has 3 aromatic rings. The van der Waals surface area contributed by atoms with Gasteiger partial charge < -0.3 is 23.9 Å². The topological polar surface area (TPSA) is 87.0 Å². The lowest BCUT2D eigenvalue weighted by atomic mass is 9.84. The van der Waals surface area contributed by atoms with Gasteiger partial charge in [0.2, 0.25) is 0 Å². The van der Waals surface area contributed by atoms with E-state index in [4.69, 9.17) is 18.6 Å². The van der Waals surface area contributed by atoms with E-state index in [1.165, 1.54) is 0 Å². The van der Waals surface area contributed by atoms with Crippen LogP contribution < -0.4 is 14.8 Å². The Balaban J connectivity index is 1.55. The van der Waals surface area contributed by atoms with Gasteiger partial charge in [0.05, 0.1) is 26.7 Å². The van der Waals surface area contributed by atoms with Gasteiger partial charge in [0.25, 0.3) is 5.91 Å². The Morgan fingerprint density at radius 2 is 1.91 bits per heavy atom. The van der Waals surface area contributed by atoms with Gasteiger partial charge in [-0.2, -0.15) is 0 Å². The first-order valence-electron chi connectivity index (χ1n) is 11.3. The Bertz CT molecular complexity index is 1230. The van der Waals surface area contributed by atoms with Crippen molar-refractivity contribution in [3.05, 3.63) is 71.5 Å². The second kappa shape index (κ2) is 10.0. The van der Waals surface area contributed by atoms with Gasteiger partial charge in [-0.1, -0.05) is 30.4 Å². The number of hydrogen-bond acceptors (Lipinski definition) is 6. The third kappa shape index (κ3) is 4.51. The minimum Gasteiger partial charge on any atom is -0.497 e. The summed E-state index contributed by atoms with van der Waals surface area (Å²) >= 11 is 0. The number of esters is 1. The molecule has 2 aromatic carbocycles. The molecule has 1 amide bonds. The number of benzene rings is 2. The van der Waals surface area contributed by atoms with Crippen molar-refractivity contribution in [2.45, 2.75) is 32.2 Å². The van der Waals surface area contributed by atoms with Crippen LogP contribution in [-0.4, -0.2) is 38.7 Å². The van der Waals surface area contributed by atoms with Crippen molar-refractivity contribution in [3.63, 3.8) is 0 Å². The zero-order valence-electron chi connectivity index (χ0n) is 19.8. The average molecular weight is 464 g/mol. The van der Waals surface area contributed by atoms with Gasteiger partial charge in [-0.05, 0) is 50.5 Å². The zero-order valence-corrected chi connectivity index (χ0v) is 19.8. The molecule has 0 saturated heterocycles. The minimum absolute atomic E-state index is 0.192. The fraction of sp³-hybridized carbons (Fsp3) is 0.333. The summed E-state index contributed by atoms with van der Waals surface area (Å²) in [7, 11) is 3.14. The molecule has 1 N–H and O–H groups in total. The molecule has 1 heterocycles. The standard InChI is InChI=1S/C27H29NO6/c1-5-33-27(30)24(21-15-19(31-3)12-13-22(21)32-4)17-10-11-18(14-17)28-26(29)25-16(2)20-8-6-7-9-23(20)34-25/h6-13,15,17-18,24H,5,14H2,1-4H3,(H,28,29)/t17-,18-,24-/m0/s1. The first-order valence-corrected chi connectivity index (χ1v) is 11.3. The third-order valence-electron chi connectivity index (χ3n) is 6.22. The monoisotopic (exact) mass is 463 g/mol. The maximum atomic E-state index is 13.0. The summed E-state index contributed by atoms with van der Waals surface area (Å²) in [5.41, 5.74) is 2.17. The Kier molecular flexibility index (Phi) is 6.91. The second-order valence-corrected chi connectivity index (χ2v) is 8.25. The molecule has 1 aromatic heterocycles. The highest BCUT2D eigenvalue weighted by Gasteiger charge is 2.36. The number of nitrogens with one attached hydrogen (secondary N) is 1. The van der Waals surface area contributed by atoms with E-state index >= 15 is 0 Å². The van der Waals surface area contributed by atoms with E-state index in [9.17, 15) is 9.59 Å². The Morgan fingerprint density at radius 3 is 2.62 bits per heavy atom. The van der Waals surface area contributed by atoms with Gasteiger partial charge >= 0.3 is 5.97 Å². The van der Waals surface area contributed by atoms with Gasteiger partial charge in [-0.25, -0.2) is 0 Å². The van der Waals surface area contributed by atoms with Crippen molar-refractivity contribution < 1.29 is 28.2 Å². The number of fused-ring (bicyclic) bond motifs is 1. The smallest absolute Gasteiger partial charge is 0.314 e. The predicted molar refractivity (Wildman–Crippen MR) is 128 cm³/mol. The van der Waals surface area contributed by atoms with E-state index in [2.05, 4.69) is 5.32 Å². The average Bonchev–Trinajstić information content (AvgIpc) is 3.43. The largest absolute Gasteiger partial charge is 0.497 e. The van der Waals surface area contributed by atoms with Gasteiger partial charge in [0, 0.05) is 22.6 Å². The van der Waals surface area contributed by atoms with Crippen LogP contribution in [-0.2, 0) is 9.53 Å². The SMILES string of the molecule is CCOC(=O)[C@H](c1cc(OC)ccc1OC)[C@H]1C=C[C@H](NC(=O)c2oc3ccccc3c2C)C1. The van der Waals surface area contributed by atoms with E-state index in [-0.39, 0.29) is 30.4 Å². The second-order valence-electron chi connectivity index (χ2n) is 8.25. The van der Waals surface area contributed by atoms with Crippen molar-refractivity contribution in [1.82, 2.24) is 5.32 Å². The van der Waals surface area contributed by atoms with E-state index in [0.717, 1.165) is 10.9 Å². The number of para-hydroxylation sites is 1. The van der Waals surface area contributed by atoms with Crippen molar-refractivity contribution in [1.29, 1.82) is 0 Å². The predicted octanol–water partition coefficient (Wildman–Crippen LogP) is 4.78. The Labute approximate surface area is 198 Å². The highest BCUT2D eigenvalue weighted by Crippen LogP contribution is 2.40. The molecular formula is C27H29NO6. The zero-order chi connectivity index (χ0) is 24.2. The number of rotatable bonds is 8. The van der Waals surface area contributed by atoms with Crippen LogP contribution in [0.1, 0.15) is 40.9 Å². The quantitative estimate of drug-likeness (QED) is 0.382. The van der Waals surface area contributed by atoms with E-state index < -0.39 is 5.92 Å². The van der Waals surface area contributed by atoms with Crippen molar-refractivity contribution in [2.75, 3.05) is 20.8 Å². The molecule has 1 aliphatic rings. The van der Waals surface area contributed by atoms with Crippen molar-refractivity contribution >= 4 is 22.8 Å². The number of amides is 1. The minimum atomic E-state index is -0.601. The van der Waals surface area contributed by atoms with Crippen LogP contribution in [0.3, 0.4) is 0 Å². The number of allylic oxidation sites excluding steroid dienone is 1. The number of carbonyl (C=O) groups is 2. The number of methoxy groups -OCH3 is 2. The fourth-order valence-electron chi connectivity index (χ4n) is 4.55. The molecule has 0 fully saturated rings. The lowest BCUT2D eigenvalue weighted by Crippen LogP contribution is -2.34. The molecule has 0 bridgehead atoms. The molecule has 34 heavy (non-hydrogen) atoms. The summed E-state index contributed by atoms with van der Waals surface area (Å²) in [6, 6.07) is 12.7. The van der Waals surface area contributed by atoms with Crippen LogP contribution in [0.15, 0.2) is 59.0 Å². The van der Waals surface area contributed by atoms with Crippen molar-refractivity contribution in [2.24, 2.45) is 5.92 Å². The lowest BCUT2D eigenvalue weighted by Gasteiger charge is -2.24. The molecule has 178 valence electrons. The van der Waals surface area contributed by atoms with Crippen LogP contribution >= 0.6 is 0 Å².